The second kappa shape index (κ2) is 7.37. The van der Waals surface area contributed by atoms with Crippen LogP contribution in [0.5, 0.6) is 0 Å². The van der Waals surface area contributed by atoms with Gasteiger partial charge in [0.25, 0.3) is 5.69 Å². The van der Waals surface area contributed by atoms with Crippen molar-refractivity contribution in [3.05, 3.63) is 33.9 Å². The van der Waals surface area contributed by atoms with Crippen molar-refractivity contribution < 1.29 is 18.4 Å². The van der Waals surface area contributed by atoms with Crippen molar-refractivity contribution in [1.29, 1.82) is 0 Å². The van der Waals surface area contributed by atoms with E-state index in [0.29, 0.717) is 5.56 Å². The maximum atomic E-state index is 12.9. The van der Waals surface area contributed by atoms with Crippen LogP contribution in [0, 0.1) is 17.0 Å². The molecule has 1 aromatic rings. The van der Waals surface area contributed by atoms with E-state index < -0.39 is 14.9 Å². The van der Waals surface area contributed by atoms with Crippen molar-refractivity contribution in [3.63, 3.8) is 0 Å². The smallest absolute Gasteiger partial charge is 0.273 e. The molecule has 1 aliphatic carbocycles. The number of nitrogens with zero attached hydrogens (tertiary/aromatic N) is 2. The normalized spacial score (nSPS) is 16.7. The van der Waals surface area contributed by atoms with E-state index >= 15 is 0 Å². The summed E-state index contributed by atoms with van der Waals surface area (Å²) in [5.41, 5.74) is 0.207. The number of aliphatic hydroxyl groups excluding tert-OH is 1. The van der Waals surface area contributed by atoms with Gasteiger partial charge in [-0.05, 0) is 25.8 Å². The van der Waals surface area contributed by atoms with Gasteiger partial charge in [0.1, 0.15) is 0 Å². The fourth-order valence-electron chi connectivity index (χ4n) is 3.05. The van der Waals surface area contributed by atoms with Crippen molar-refractivity contribution >= 4 is 15.7 Å². The number of aryl methyl sites for hydroxylation is 1. The Kier molecular flexibility index (Phi) is 5.72. The number of benzene rings is 1. The molecule has 1 fully saturated rings. The van der Waals surface area contributed by atoms with Gasteiger partial charge < -0.3 is 5.11 Å². The molecular weight excluding hydrogens is 320 g/mol. The number of nitro groups is 1. The number of hydrogen-bond donors (Lipinski definition) is 1. The molecule has 1 N–H and O–H groups in total. The molecule has 23 heavy (non-hydrogen) atoms. The van der Waals surface area contributed by atoms with E-state index in [0.717, 1.165) is 38.2 Å². The number of hydrogen-bond acceptors (Lipinski definition) is 5. The van der Waals surface area contributed by atoms with Crippen molar-refractivity contribution in [2.45, 2.75) is 50.0 Å². The summed E-state index contributed by atoms with van der Waals surface area (Å²) in [5, 5.41) is 20.3. The second-order valence-corrected chi connectivity index (χ2v) is 7.73. The molecule has 0 spiro atoms. The van der Waals surface area contributed by atoms with Gasteiger partial charge in [-0.1, -0.05) is 25.3 Å². The molecule has 0 aromatic heterocycles. The fourth-order valence-corrected chi connectivity index (χ4v) is 4.75. The zero-order valence-electron chi connectivity index (χ0n) is 13.1. The predicted octanol–water partition coefficient (Wildman–Crippen LogP) is 2.22. The van der Waals surface area contributed by atoms with Gasteiger partial charge >= 0.3 is 0 Å². The van der Waals surface area contributed by atoms with Gasteiger partial charge in [0.15, 0.2) is 0 Å². The first-order valence-corrected chi connectivity index (χ1v) is 9.19. The summed E-state index contributed by atoms with van der Waals surface area (Å²) in [7, 11) is -3.87. The third kappa shape index (κ3) is 3.88. The van der Waals surface area contributed by atoms with Gasteiger partial charge in [-0.25, -0.2) is 8.42 Å². The summed E-state index contributed by atoms with van der Waals surface area (Å²) in [4.78, 5) is 10.4. The summed E-state index contributed by atoms with van der Waals surface area (Å²) in [6.45, 7) is 1.31. The van der Waals surface area contributed by atoms with E-state index in [4.69, 9.17) is 0 Å². The maximum Gasteiger partial charge on any atom is 0.273 e. The Morgan fingerprint density at radius 1 is 1.30 bits per heavy atom. The summed E-state index contributed by atoms with van der Waals surface area (Å²) in [5.74, 6) is 0. The zero-order valence-corrected chi connectivity index (χ0v) is 14.0. The van der Waals surface area contributed by atoms with Gasteiger partial charge in [-0.2, -0.15) is 4.31 Å². The van der Waals surface area contributed by atoms with E-state index in [-0.39, 0.29) is 29.8 Å². The summed E-state index contributed by atoms with van der Waals surface area (Å²) in [6, 6.07) is 3.80. The highest BCUT2D eigenvalue weighted by molar-refractivity contribution is 7.89. The Bertz CT molecular complexity index is 668. The molecule has 0 heterocycles. The SMILES string of the molecule is Cc1ccc(S(=O)(=O)N(CCO)C2CCCCC2)cc1[N+](=O)[O-]. The Balaban J connectivity index is 2.40. The Labute approximate surface area is 136 Å². The predicted molar refractivity (Wildman–Crippen MR) is 85.7 cm³/mol. The van der Waals surface area contributed by atoms with Crippen LogP contribution in [0.25, 0.3) is 0 Å². The first-order valence-electron chi connectivity index (χ1n) is 7.75. The van der Waals surface area contributed by atoms with Crippen molar-refractivity contribution in [1.82, 2.24) is 4.31 Å². The molecule has 7 nitrogen and oxygen atoms in total. The van der Waals surface area contributed by atoms with Gasteiger partial charge in [0.2, 0.25) is 10.0 Å². The number of nitro benzene ring substituents is 1. The topological polar surface area (TPSA) is 101 Å². The Morgan fingerprint density at radius 2 is 1.96 bits per heavy atom. The van der Waals surface area contributed by atoms with Crippen molar-refractivity contribution in [3.8, 4) is 0 Å². The standard InChI is InChI=1S/C15H22N2O5S/c1-12-7-8-14(11-15(12)17(19)20)23(21,22)16(9-10-18)13-5-3-2-4-6-13/h7-8,11,13,18H,2-6,9-10H2,1H3. The average molecular weight is 342 g/mol. The fraction of sp³-hybridized carbons (Fsp3) is 0.600. The maximum absolute atomic E-state index is 12.9. The minimum atomic E-state index is -3.87. The first-order chi connectivity index (χ1) is 10.9. The van der Waals surface area contributed by atoms with Crippen LogP contribution in [0.1, 0.15) is 37.7 Å². The molecule has 2 rings (SSSR count). The van der Waals surface area contributed by atoms with Crippen molar-refractivity contribution in [2.75, 3.05) is 13.2 Å². The van der Waals surface area contributed by atoms with Gasteiger partial charge in [-0.15, -0.1) is 0 Å². The monoisotopic (exact) mass is 342 g/mol. The first kappa shape index (κ1) is 17.8. The van der Waals surface area contributed by atoms with E-state index in [9.17, 15) is 23.6 Å². The molecular formula is C15H22N2O5S. The minimum absolute atomic E-state index is 0.00861. The van der Waals surface area contributed by atoms with Gasteiger partial charge in [0.05, 0.1) is 16.4 Å². The summed E-state index contributed by atoms with van der Waals surface area (Å²) < 4.78 is 27.1. The molecule has 1 aromatic carbocycles. The molecule has 0 aliphatic heterocycles. The highest BCUT2D eigenvalue weighted by Gasteiger charge is 2.33. The molecule has 0 unspecified atom stereocenters. The van der Waals surface area contributed by atoms with E-state index in [1.165, 1.54) is 16.4 Å². The average Bonchev–Trinajstić information content (AvgIpc) is 2.53. The number of rotatable bonds is 6. The lowest BCUT2D eigenvalue weighted by Gasteiger charge is -2.33. The summed E-state index contributed by atoms with van der Waals surface area (Å²) >= 11 is 0. The van der Waals surface area contributed by atoms with E-state index in [1.807, 2.05) is 0 Å². The zero-order chi connectivity index (χ0) is 17.0. The van der Waals surface area contributed by atoms with Crippen LogP contribution in [0.15, 0.2) is 23.1 Å². The van der Waals surface area contributed by atoms with Gasteiger partial charge in [0, 0.05) is 24.2 Å². The lowest BCUT2D eigenvalue weighted by molar-refractivity contribution is -0.385. The van der Waals surface area contributed by atoms with Crippen LogP contribution in [0.3, 0.4) is 0 Å². The number of aliphatic hydroxyl groups is 1. The quantitative estimate of drug-likeness (QED) is 0.631. The molecule has 0 radical (unpaired) electrons. The molecule has 0 atom stereocenters. The van der Waals surface area contributed by atoms with Crippen LogP contribution in [0.2, 0.25) is 0 Å². The van der Waals surface area contributed by atoms with Crippen LogP contribution >= 0.6 is 0 Å². The second-order valence-electron chi connectivity index (χ2n) is 5.84. The lowest BCUT2D eigenvalue weighted by Crippen LogP contribution is -2.43. The molecule has 128 valence electrons. The lowest BCUT2D eigenvalue weighted by atomic mass is 9.95. The molecule has 0 bridgehead atoms. The molecule has 1 aliphatic rings. The molecule has 8 heteroatoms. The van der Waals surface area contributed by atoms with Crippen LogP contribution in [0.4, 0.5) is 5.69 Å². The van der Waals surface area contributed by atoms with Crippen LogP contribution < -0.4 is 0 Å². The third-order valence-electron chi connectivity index (χ3n) is 4.29. The Hall–Kier alpha value is -1.51. The van der Waals surface area contributed by atoms with E-state index in [1.54, 1.807) is 6.92 Å². The highest BCUT2D eigenvalue weighted by atomic mass is 32.2. The molecule has 0 amide bonds. The summed E-state index contributed by atoms with van der Waals surface area (Å²) in [6.07, 6.45) is 4.51. The van der Waals surface area contributed by atoms with Crippen LogP contribution in [-0.2, 0) is 10.0 Å². The van der Waals surface area contributed by atoms with Crippen molar-refractivity contribution in [2.24, 2.45) is 0 Å². The van der Waals surface area contributed by atoms with Gasteiger partial charge in [-0.3, -0.25) is 10.1 Å². The third-order valence-corrected chi connectivity index (χ3v) is 6.23. The van der Waals surface area contributed by atoms with Crippen LogP contribution in [-0.4, -0.2) is 41.9 Å². The highest BCUT2D eigenvalue weighted by Crippen LogP contribution is 2.29. The largest absolute Gasteiger partial charge is 0.395 e. The molecule has 1 saturated carbocycles. The number of sulfonamides is 1. The van der Waals surface area contributed by atoms with E-state index in [2.05, 4.69) is 0 Å². The minimum Gasteiger partial charge on any atom is -0.395 e. The Morgan fingerprint density at radius 3 is 2.52 bits per heavy atom. The molecule has 0 saturated heterocycles.